The van der Waals surface area contributed by atoms with Crippen molar-refractivity contribution in [3.8, 4) is 0 Å². The molecule has 0 bridgehead atoms. The van der Waals surface area contributed by atoms with Gasteiger partial charge in [-0.1, -0.05) is 60.5 Å². The standard InChI is InChI=1S/C31H38ClN3O4S/c1-7-29(31(37)33-21(2)3)34(19-25-10-8-9-11-28(25)32)30(36)20-35(26-17-23(5)16-24(6)18-26)40(38,39)27-14-12-22(4)13-15-27/h8-18,21,29H,7,19-20H2,1-6H3,(H,33,37). The average molecular weight is 584 g/mol. The zero-order valence-corrected chi connectivity index (χ0v) is 25.5. The molecule has 1 atom stereocenters. The van der Waals surface area contributed by atoms with Crippen LogP contribution in [-0.2, 0) is 26.2 Å². The molecule has 3 aromatic carbocycles. The molecule has 2 amide bonds. The first kappa shape index (κ1) is 31.2. The van der Waals surface area contributed by atoms with E-state index >= 15 is 0 Å². The van der Waals surface area contributed by atoms with Gasteiger partial charge in [-0.05, 0) is 88.1 Å². The van der Waals surface area contributed by atoms with Crippen LogP contribution in [0.5, 0.6) is 0 Å². The molecule has 9 heteroatoms. The van der Waals surface area contributed by atoms with Crippen molar-refractivity contribution in [2.24, 2.45) is 0 Å². The van der Waals surface area contributed by atoms with E-state index in [4.69, 9.17) is 11.6 Å². The Kier molecular flexibility index (Phi) is 10.4. The quantitative estimate of drug-likeness (QED) is 0.309. The van der Waals surface area contributed by atoms with E-state index in [-0.39, 0.29) is 23.4 Å². The van der Waals surface area contributed by atoms with Crippen LogP contribution in [0.25, 0.3) is 0 Å². The second-order valence-corrected chi connectivity index (χ2v) is 12.6. The summed E-state index contributed by atoms with van der Waals surface area (Å²) in [7, 11) is -4.13. The number of nitrogens with zero attached hydrogens (tertiary/aromatic N) is 2. The van der Waals surface area contributed by atoms with Crippen LogP contribution in [-0.4, -0.2) is 43.8 Å². The number of carbonyl (C=O) groups is 2. The number of nitrogens with one attached hydrogen (secondary N) is 1. The van der Waals surface area contributed by atoms with Gasteiger partial charge in [0.2, 0.25) is 11.8 Å². The molecule has 3 aromatic rings. The number of hydrogen-bond donors (Lipinski definition) is 1. The van der Waals surface area contributed by atoms with E-state index < -0.39 is 28.5 Å². The van der Waals surface area contributed by atoms with Crippen LogP contribution in [0.1, 0.15) is 49.4 Å². The van der Waals surface area contributed by atoms with Gasteiger partial charge in [0.1, 0.15) is 12.6 Å². The maximum atomic E-state index is 14.1. The molecule has 0 aliphatic rings. The maximum absolute atomic E-state index is 14.1. The fraction of sp³-hybridized carbons (Fsp3) is 0.355. The molecular weight excluding hydrogens is 546 g/mol. The molecule has 0 saturated heterocycles. The van der Waals surface area contributed by atoms with Crippen molar-refractivity contribution < 1.29 is 18.0 Å². The number of rotatable bonds is 11. The minimum atomic E-state index is -4.13. The summed E-state index contributed by atoms with van der Waals surface area (Å²) in [4.78, 5) is 28.9. The van der Waals surface area contributed by atoms with Gasteiger partial charge in [0.15, 0.2) is 0 Å². The molecule has 1 unspecified atom stereocenters. The Bertz CT molecular complexity index is 1440. The summed E-state index contributed by atoms with van der Waals surface area (Å²) in [6.45, 7) is 10.7. The van der Waals surface area contributed by atoms with Crippen molar-refractivity contribution in [1.29, 1.82) is 0 Å². The van der Waals surface area contributed by atoms with Crippen molar-refractivity contribution in [3.05, 3.63) is 94.0 Å². The molecule has 3 rings (SSSR count). The molecule has 40 heavy (non-hydrogen) atoms. The molecule has 0 radical (unpaired) electrons. The van der Waals surface area contributed by atoms with Crippen LogP contribution in [0.2, 0.25) is 5.02 Å². The summed E-state index contributed by atoms with van der Waals surface area (Å²) >= 11 is 6.44. The smallest absolute Gasteiger partial charge is 0.264 e. The van der Waals surface area contributed by atoms with Gasteiger partial charge in [-0.25, -0.2) is 8.42 Å². The lowest BCUT2D eigenvalue weighted by Crippen LogP contribution is -2.53. The van der Waals surface area contributed by atoms with Gasteiger partial charge in [-0.2, -0.15) is 0 Å². The molecule has 214 valence electrons. The van der Waals surface area contributed by atoms with Crippen LogP contribution in [0.15, 0.2) is 71.6 Å². The maximum Gasteiger partial charge on any atom is 0.264 e. The van der Waals surface area contributed by atoms with Crippen LogP contribution < -0.4 is 9.62 Å². The Hall–Kier alpha value is -3.36. The zero-order chi connectivity index (χ0) is 29.6. The van der Waals surface area contributed by atoms with Gasteiger partial charge >= 0.3 is 0 Å². The minimum Gasteiger partial charge on any atom is -0.352 e. The Labute approximate surface area is 243 Å². The highest BCUT2D eigenvalue weighted by atomic mass is 35.5. The molecule has 0 fully saturated rings. The Balaban J connectivity index is 2.11. The molecule has 0 aromatic heterocycles. The van der Waals surface area contributed by atoms with E-state index in [0.29, 0.717) is 22.7 Å². The number of aryl methyl sites for hydroxylation is 3. The number of hydrogen-bond acceptors (Lipinski definition) is 4. The number of carbonyl (C=O) groups excluding carboxylic acids is 2. The minimum absolute atomic E-state index is 0.0494. The lowest BCUT2D eigenvalue weighted by atomic mass is 10.1. The fourth-order valence-corrected chi connectivity index (χ4v) is 6.16. The molecule has 0 saturated carbocycles. The summed E-state index contributed by atoms with van der Waals surface area (Å²) in [5, 5.41) is 3.35. The predicted molar refractivity (Wildman–Crippen MR) is 161 cm³/mol. The van der Waals surface area contributed by atoms with E-state index in [1.54, 1.807) is 42.5 Å². The Morgan fingerprint density at radius 2 is 1.50 bits per heavy atom. The summed E-state index contributed by atoms with van der Waals surface area (Å²) < 4.78 is 29.2. The summed E-state index contributed by atoms with van der Waals surface area (Å²) in [5.41, 5.74) is 3.68. The van der Waals surface area contributed by atoms with Gasteiger partial charge in [0, 0.05) is 17.6 Å². The molecule has 1 N–H and O–H groups in total. The third-order valence-electron chi connectivity index (χ3n) is 6.50. The number of benzene rings is 3. The SMILES string of the molecule is CCC(C(=O)NC(C)C)N(Cc1ccccc1Cl)C(=O)CN(c1cc(C)cc(C)c1)S(=O)(=O)c1ccc(C)cc1. The van der Waals surface area contributed by atoms with Crippen molar-refractivity contribution in [3.63, 3.8) is 0 Å². The van der Waals surface area contributed by atoms with E-state index in [1.165, 1.54) is 17.0 Å². The first-order chi connectivity index (χ1) is 18.8. The second-order valence-electron chi connectivity index (χ2n) is 10.4. The van der Waals surface area contributed by atoms with Crippen LogP contribution in [0.3, 0.4) is 0 Å². The monoisotopic (exact) mass is 583 g/mol. The highest BCUT2D eigenvalue weighted by Gasteiger charge is 2.34. The Morgan fingerprint density at radius 3 is 2.05 bits per heavy atom. The van der Waals surface area contributed by atoms with Gasteiger partial charge < -0.3 is 10.2 Å². The fourth-order valence-electron chi connectivity index (χ4n) is 4.57. The van der Waals surface area contributed by atoms with Gasteiger partial charge in [-0.3, -0.25) is 13.9 Å². The predicted octanol–water partition coefficient (Wildman–Crippen LogP) is 5.79. The van der Waals surface area contributed by atoms with Crippen LogP contribution in [0, 0.1) is 20.8 Å². The number of halogens is 1. The first-order valence-electron chi connectivity index (χ1n) is 13.3. The number of amides is 2. The molecule has 0 aliphatic heterocycles. The van der Waals surface area contributed by atoms with E-state index in [0.717, 1.165) is 21.0 Å². The van der Waals surface area contributed by atoms with E-state index in [9.17, 15) is 18.0 Å². The van der Waals surface area contributed by atoms with Gasteiger partial charge in [-0.15, -0.1) is 0 Å². The van der Waals surface area contributed by atoms with Crippen molar-refractivity contribution in [2.45, 2.75) is 71.5 Å². The van der Waals surface area contributed by atoms with Crippen LogP contribution >= 0.6 is 11.6 Å². The zero-order valence-electron chi connectivity index (χ0n) is 23.9. The molecular formula is C31H38ClN3O4S. The molecule has 0 aliphatic carbocycles. The first-order valence-corrected chi connectivity index (χ1v) is 15.2. The summed E-state index contributed by atoms with van der Waals surface area (Å²) in [6, 6.07) is 18.1. The second kappa shape index (κ2) is 13.3. The normalized spacial score (nSPS) is 12.2. The Morgan fingerprint density at radius 1 is 0.900 bits per heavy atom. The highest BCUT2D eigenvalue weighted by molar-refractivity contribution is 7.92. The van der Waals surface area contributed by atoms with E-state index in [2.05, 4.69) is 5.32 Å². The third-order valence-corrected chi connectivity index (χ3v) is 8.65. The average Bonchev–Trinajstić information content (AvgIpc) is 2.87. The van der Waals surface area contributed by atoms with Gasteiger partial charge in [0.25, 0.3) is 10.0 Å². The molecule has 0 heterocycles. The highest BCUT2D eigenvalue weighted by Crippen LogP contribution is 2.27. The number of sulfonamides is 1. The number of anilines is 1. The summed E-state index contributed by atoms with van der Waals surface area (Å²) in [5.74, 6) is -0.822. The molecule has 7 nitrogen and oxygen atoms in total. The lowest BCUT2D eigenvalue weighted by molar-refractivity contribution is -0.140. The van der Waals surface area contributed by atoms with Gasteiger partial charge in [0.05, 0.1) is 10.6 Å². The van der Waals surface area contributed by atoms with Crippen molar-refractivity contribution in [2.75, 3.05) is 10.8 Å². The molecule has 0 spiro atoms. The van der Waals surface area contributed by atoms with Crippen molar-refractivity contribution >= 4 is 39.1 Å². The van der Waals surface area contributed by atoms with E-state index in [1.807, 2.05) is 53.7 Å². The third kappa shape index (κ3) is 7.64. The largest absolute Gasteiger partial charge is 0.352 e. The lowest BCUT2D eigenvalue weighted by Gasteiger charge is -2.34. The topological polar surface area (TPSA) is 86.8 Å². The van der Waals surface area contributed by atoms with Crippen LogP contribution in [0.4, 0.5) is 5.69 Å². The summed E-state index contributed by atoms with van der Waals surface area (Å²) in [6.07, 6.45) is 0.336. The van der Waals surface area contributed by atoms with Crippen molar-refractivity contribution in [1.82, 2.24) is 10.2 Å².